The van der Waals surface area contributed by atoms with Gasteiger partial charge >= 0.3 is 0 Å². The van der Waals surface area contributed by atoms with E-state index < -0.39 is 0 Å². The van der Waals surface area contributed by atoms with Gasteiger partial charge in [-0.1, -0.05) is 24.3 Å². The number of nitrogen functional groups attached to an aromatic ring is 2. The Labute approximate surface area is 139 Å². The second-order valence-electron chi connectivity index (χ2n) is 5.35. The molecule has 4 N–H and O–H groups in total. The van der Waals surface area contributed by atoms with Crippen molar-refractivity contribution in [3.63, 3.8) is 0 Å². The van der Waals surface area contributed by atoms with Crippen molar-refractivity contribution in [1.82, 2.24) is 14.9 Å². The average Bonchev–Trinajstić information content (AvgIpc) is 2.56. The fourth-order valence-corrected chi connectivity index (χ4v) is 3.67. The first-order valence-electron chi connectivity index (χ1n) is 7.40. The van der Waals surface area contributed by atoms with Crippen LogP contribution in [0.3, 0.4) is 0 Å². The van der Waals surface area contributed by atoms with E-state index in [0.717, 1.165) is 42.3 Å². The van der Waals surface area contributed by atoms with Crippen LogP contribution in [0.2, 0.25) is 0 Å². The molecule has 0 atom stereocenters. The number of hydrogen-bond acceptors (Lipinski definition) is 7. The van der Waals surface area contributed by atoms with Gasteiger partial charge in [0.05, 0.1) is 5.69 Å². The fourth-order valence-electron chi connectivity index (χ4n) is 2.69. The van der Waals surface area contributed by atoms with Crippen LogP contribution in [0.25, 0.3) is 11.3 Å². The molecule has 0 spiro atoms. The third-order valence-electron chi connectivity index (χ3n) is 3.84. The molecular weight excluding hydrogens is 308 g/mol. The van der Waals surface area contributed by atoms with Crippen molar-refractivity contribution in [1.29, 1.82) is 5.26 Å². The molecule has 2 aromatic rings. The molecule has 0 saturated carbocycles. The van der Waals surface area contributed by atoms with Crippen molar-refractivity contribution < 1.29 is 0 Å². The largest absolute Gasteiger partial charge is 0.382 e. The lowest BCUT2D eigenvalue weighted by atomic mass is 10.0. The molecule has 1 saturated heterocycles. The first-order chi connectivity index (χ1) is 11.2. The maximum Gasteiger partial charge on any atom is 0.222 e. The highest BCUT2D eigenvalue weighted by Gasteiger charge is 2.18. The smallest absolute Gasteiger partial charge is 0.222 e. The molecule has 1 aromatic carbocycles. The van der Waals surface area contributed by atoms with Crippen LogP contribution >= 0.6 is 11.8 Å². The van der Waals surface area contributed by atoms with Gasteiger partial charge in [-0.15, -0.1) is 0 Å². The third kappa shape index (κ3) is 3.38. The number of aromatic nitrogens is 2. The second-order valence-corrected chi connectivity index (χ2v) is 6.57. The molecule has 7 heteroatoms. The molecule has 6 nitrogen and oxygen atoms in total. The quantitative estimate of drug-likeness (QED) is 0.885. The zero-order chi connectivity index (χ0) is 16.2. The van der Waals surface area contributed by atoms with Gasteiger partial charge in [0.15, 0.2) is 0 Å². The van der Waals surface area contributed by atoms with Crippen LogP contribution < -0.4 is 11.5 Å². The van der Waals surface area contributed by atoms with Crippen LogP contribution in [0.4, 0.5) is 11.8 Å². The molecule has 0 unspecified atom stereocenters. The number of rotatable bonds is 3. The molecule has 0 bridgehead atoms. The molecule has 0 aliphatic carbocycles. The number of nitrogens with zero attached hydrogens (tertiary/aromatic N) is 4. The topological polar surface area (TPSA) is 105 Å². The van der Waals surface area contributed by atoms with E-state index in [-0.39, 0.29) is 17.3 Å². The highest BCUT2D eigenvalue weighted by molar-refractivity contribution is 7.99. The number of benzene rings is 1. The fraction of sp³-hybridized carbons (Fsp3) is 0.312. The first-order valence-corrected chi connectivity index (χ1v) is 8.56. The van der Waals surface area contributed by atoms with Gasteiger partial charge in [0.2, 0.25) is 5.95 Å². The molecule has 23 heavy (non-hydrogen) atoms. The van der Waals surface area contributed by atoms with Gasteiger partial charge in [-0.05, 0) is 5.56 Å². The lowest BCUT2D eigenvalue weighted by Crippen LogP contribution is -2.32. The summed E-state index contributed by atoms with van der Waals surface area (Å²) in [5.41, 5.74) is 14.4. The number of anilines is 2. The van der Waals surface area contributed by atoms with Gasteiger partial charge < -0.3 is 11.5 Å². The van der Waals surface area contributed by atoms with Crippen LogP contribution in [0.1, 0.15) is 11.1 Å². The summed E-state index contributed by atoms with van der Waals surface area (Å²) in [6, 6.07) is 10.0. The van der Waals surface area contributed by atoms with E-state index in [0.29, 0.717) is 5.69 Å². The molecule has 0 radical (unpaired) electrons. The van der Waals surface area contributed by atoms with Crippen molar-refractivity contribution in [2.75, 3.05) is 36.1 Å². The summed E-state index contributed by atoms with van der Waals surface area (Å²) < 4.78 is 0. The summed E-state index contributed by atoms with van der Waals surface area (Å²) in [6.07, 6.45) is 0. The molecule has 118 valence electrons. The van der Waals surface area contributed by atoms with Crippen LogP contribution in [-0.4, -0.2) is 39.5 Å². The molecule has 1 aliphatic rings. The van der Waals surface area contributed by atoms with E-state index in [4.69, 9.17) is 11.5 Å². The van der Waals surface area contributed by atoms with Gasteiger partial charge in [-0.3, -0.25) is 4.90 Å². The van der Waals surface area contributed by atoms with Crippen LogP contribution in [0.15, 0.2) is 24.3 Å². The summed E-state index contributed by atoms with van der Waals surface area (Å²) >= 11 is 1.98. The maximum absolute atomic E-state index is 9.40. The highest BCUT2D eigenvalue weighted by Crippen LogP contribution is 2.29. The SMILES string of the molecule is N#Cc1c(N)nc(N)nc1-c1ccccc1CN1CCSCC1. The monoisotopic (exact) mass is 326 g/mol. The van der Waals surface area contributed by atoms with E-state index >= 15 is 0 Å². The minimum Gasteiger partial charge on any atom is -0.382 e. The van der Waals surface area contributed by atoms with Gasteiger partial charge in [-0.25, -0.2) is 4.98 Å². The van der Waals surface area contributed by atoms with E-state index in [9.17, 15) is 5.26 Å². The summed E-state index contributed by atoms with van der Waals surface area (Å²) in [7, 11) is 0. The van der Waals surface area contributed by atoms with Crippen molar-refractivity contribution in [2.24, 2.45) is 0 Å². The number of thioether (sulfide) groups is 1. The van der Waals surface area contributed by atoms with Crippen LogP contribution in [-0.2, 0) is 6.54 Å². The normalized spacial score (nSPS) is 15.3. The lowest BCUT2D eigenvalue weighted by molar-refractivity contribution is 0.295. The number of hydrogen-bond donors (Lipinski definition) is 2. The average molecular weight is 326 g/mol. The van der Waals surface area contributed by atoms with Gasteiger partial charge in [0.1, 0.15) is 17.5 Å². The molecule has 1 fully saturated rings. The Morgan fingerprint density at radius 3 is 2.65 bits per heavy atom. The number of nitrogens with two attached hydrogens (primary N) is 2. The molecule has 0 amide bonds. The predicted molar refractivity (Wildman–Crippen MR) is 93.6 cm³/mol. The Hall–Kier alpha value is -2.30. The Morgan fingerprint density at radius 1 is 1.17 bits per heavy atom. The van der Waals surface area contributed by atoms with Crippen molar-refractivity contribution in [3.05, 3.63) is 35.4 Å². The summed E-state index contributed by atoms with van der Waals surface area (Å²) in [5.74, 6) is 2.51. The molecule has 1 aliphatic heterocycles. The van der Waals surface area contributed by atoms with Gasteiger partial charge in [0.25, 0.3) is 0 Å². The Balaban J connectivity index is 2.02. The first kappa shape index (κ1) is 15.6. The molecule has 3 rings (SSSR count). The minimum absolute atomic E-state index is 0.0840. The van der Waals surface area contributed by atoms with Crippen molar-refractivity contribution in [3.8, 4) is 17.3 Å². The third-order valence-corrected chi connectivity index (χ3v) is 4.78. The Morgan fingerprint density at radius 2 is 1.91 bits per heavy atom. The van der Waals surface area contributed by atoms with E-state index in [1.807, 2.05) is 30.0 Å². The maximum atomic E-state index is 9.40. The van der Waals surface area contributed by atoms with E-state index in [1.165, 1.54) is 0 Å². The Bertz CT molecular complexity index is 749. The minimum atomic E-state index is 0.0840. The predicted octanol–water partition coefficient (Wildman–Crippen LogP) is 1.73. The van der Waals surface area contributed by atoms with Crippen LogP contribution in [0.5, 0.6) is 0 Å². The highest BCUT2D eigenvalue weighted by atomic mass is 32.2. The van der Waals surface area contributed by atoms with E-state index in [2.05, 4.69) is 27.0 Å². The lowest BCUT2D eigenvalue weighted by Gasteiger charge is -2.27. The zero-order valence-electron chi connectivity index (χ0n) is 12.7. The standard InChI is InChI=1S/C16H18N6S/c17-9-13-14(20-16(19)21-15(13)18)12-4-2-1-3-11(12)10-22-5-7-23-8-6-22/h1-4H,5-8,10H2,(H4,18,19,20,21). The van der Waals surface area contributed by atoms with Crippen molar-refractivity contribution >= 4 is 23.5 Å². The van der Waals surface area contributed by atoms with Gasteiger partial charge in [-0.2, -0.15) is 22.0 Å². The molecule has 1 aromatic heterocycles. The zero-order valence-corrected chi connectivity index (χ0v) is 13.5. The molecule has 2 heterocycles. The van der Waals surface area contributed by atoms with Crippen molar-refractivity contribution in [2.45, 2.75) is 6.54 Å². The second kappa shape index (κ2) is 6.86. The molecular formula is C16H18N6S. The van der Waals surface area contributed by atoms with Crippen LogP contribution in [0, 0.1) is 11.3 Å². The summed E-state index contributed by atoms with van der Waals surface area (Å²) in [6.45, 7) is 2.96. The summed E-state index contributed by atoms with van der Waals surface area (Å²) in [4.78, 5) is 10.6. The summed E-state index contributed by atoms with van der Waals surface area (Å²) in [5, 5.41) is 9.40. The van der Waals surface area contributed by atoms with Gasteiger partial charge in [0, 0.05) is 36.7 Å². The van der Waals surface area contributed by atoms with E-state index in [1.54, 1.807) is 0 Å². The number of nitriles is 1. The Kier molecular flexibility index (Phi) is 4.65.